The van der Waals surface area contributed by atoms with Crippen molar-refractivity contribution in [1.29, 1.82) is 0 Å². The maximum Gasteiger partial charge on any atom is 0.182 e. The highest BCUT2D eigenvalue weighted by atomic mass is 32.2. The van der Waals surface area contributed by atoms with E-state index in [-0.39, 0.29) is 6.04 Å². The fraction of sp³-hybridized carbons (Fsp3) is 0.600. The van der Waals surface area contributed by atoms with E-state index < -0.39 is 15.1 Å². The van der Waals surface area contributed by atoms with E-state index in [1.165, 1.54) is 7.11 Å². The van der Waals surface area contributed by atoms with E-state index in [1.807, 2.05) is 14.0 Å². The van der Waals surface area contributed by atoms with E-state index in [2.05, 4.69) is 12.2 Å². The molecular formula is C15H25NO3S. The first-order valence-electron chi connectivity index (χ1n) is 7.06. The molecule has 0 bridgehead atoms. The second-order valence-corrected chi connectivity index (χ2v) is 7.02. The van der Waals surface area contributed by atoms with Crippen molar-refractivity contribution in [1.82, 2.24) is 5.32 Å². The van der Waals surface area contributed by atoms with Crippen molar-refractivity contribution in [2.45, 2.75) is 49.3 Å². The average Bonchev–Trinajstić information content (AvgIpc) is 2.46. The first-order valence-corrected chi connectivity index (χ1v) is 8.61. The van der Waals surface area contributed by atoms with Crippen LogP contribution in [0.25, 0.3) is 0 Å². The quantitative estimate of drug-likeness (QED) is 0.802. The Morgan fingerprint density at radius 1 is 1.30 bits per heavy atom. The molecule has 20 heavy (non-hydrogen) atoms. The van der Waals surface area contributed by atoms with Crippen molar-refractivity contribution >= 4 is 9.84 Å². The van der Waals surface area contributed by atoms with Gasteiger partial charge in [0, 0.05) is 6.04 Å². The predicted molar refractivity (Wildman–Crippen MR) is 82.0 cm³/mol. The van der Waals surface area contributed by atoms with Crippen LogP contribution in [0, 0.1) is 0 Å². The Morgan fingerprint density at radius 2 is 2.00 bits per heavy atom. The molecule has 1 aromatic rings. The Kier molecular flexibility index (Phi) is 6.49. The normalized spacial score (nSPS) is 14.8. The van der Waals surface area contributed by atoms with Crippen LogP contribution in [-0.2, 0) is 9.84 Å². The molecule has 0 aliphatic carbocycles. The van der Waals surface area contributed by atoms with Crippen LogP contribution in [0.3, 0.4) is 0 Å². The number of sulfone groups is 1. The molecule has 1 N–H and O–H groups in total. The van der Waals surface area contributed by atoms with Crippen LogP contribution >= 0.6 is 0 Å². The van der Waals surface area contributed by atoms with Gasteiger partial charge in [-0.3, -0.25) is 0 Å². The molecule has 2 atom stereocenters. The minimum absolute atomic E-state index is 0.0267. The van der Waals surface area contributed by atoms with E-state index in [1.54, 1.807) is 24.3 Å². The van der Waals surface area contributed by atoms with Gasteiger partial charge in [0.1, 0.15) is 5.75 Å². The summed E-state index contributed by atoms with van der Waals surface area (Å²) in [6, 6.07) is 6.67. The van der Waals surface area contributed by atoms with Gasteiger partial charge in [-0.25, -0.2) is 8.42 Å². The third-order valence-corrected chi connectivity index (χ3v) is 5.96. The average molecular weight is 299 g/mol. The lowest BCUT2D eigenvalue weighted by molar-refractivity contribution is 0.413. The van der Waals surface area contributed by atoms with E-state index >= 15 is 0 Å². The van der Waals surface area contributed by atoms with Crippen LogP contribution in [0.5, 0.6) is 5.75 Å². The van der Waals surface area contributed by atoms with Crippen molar-refractivity contribution in [3.8, 4) is 5.75 Å². The zero-order valence-electron chi connectivity index (χ0n) is 12.7. The van der Waals surface area contributed by atoms with Gasteiger partial charge in [0.2, 0.25) is 0 Å². The van der Waals surface area contributed by atoms with Gasteiger partial charge in [0.25, 0.3) is 0 Å². The third-order valence-electron chi connectivity index (χ3n) is 3.59. The van der Waals surface area contributed by atoms with Crippen LogP contribution in [0.15, 0.2) is 29.2 Å². The smallest absolute Gasteiger partial charge is 0.182 e. The number of nitrogens with one attached hydrogen (secondary N) is 1. The highest BCUT2D eigenvalue weighted by molar-refractivity contribution is 7.92. The number of hydrogen-bond donors (Lipinski definition) is 1. The molecule has 0 saturated carbocycles. The molecule has 0 radical (unpaired) electrons. The highest BCUT2D eigenvalue weighted by Crippen LogP contribution is 2.25. The lowest BCUT2D eigenvalue weighted by Gasteiger charge is -2.25. The molecule has 0 amide bonds. The van der Waals surface area contributed by atoms with Crippen LogP contribution in [-0.4, -0.2) is 33.9 Å². The molecule has 114 valence electrons. The fourth-order valence-corrected chi connectivity index (χ4v) is 4.54. The molecule has 0 aromatic heterocycles. The summed E-state index contributed by atoms with van der Waals surface area (Å²) in [6.07, 6.45) is 2.39. The van der Waals surface area contributed by atoms with E-state index in [0.717, 1.165) is 12.8 Å². The Balaban J connectivity index is 3.16. The number of benzene rings is 1. The van der Waals surface area contributed by atoms with E-state index in [9.17, 15) is 8.42 Å². The van der Waals surface area contributed by atoms with Gasteiger partial charge < -0.3 is 10.1 Å². The number of rotatable bonds is 8. The maximum atomic E-state index is 12.8. The van der Waals surface area contributed by atoms with Crippen LogP contribution in [0.2, 0.25) is 0 Å². The summed E-state index contributed by atoms with van der Waals surface area (Å²) in [5.41, 5.74) is 0. The summed E-state index contributed by atoms with van der Waals surface area (Å²) in [6.45, 7) is 3.98. The Morgan fingerprint density at radius 3 is 2.50 bits per heavy atom. The van der Waals surface area contributed by atoms with Crippen molar-refractivity contribution < 1.29 is 13.2 Å². The van der Waals surface area contributed by atoms with Crippen molar-refractivity contribution in [2.75, 3.05) is 14.2 Å². The second kappa shape index (κ2) is 7.64. The largest absolute Gasteiger partial charge is 0.497 e. The highest BCUT2D eigenvalue weighted by Gasteiger charge is 2.32. The predicted octanol–water partition coefficient (Wildman–Crippen LogP) is 2.64. The minimum atomic E-state index is -3.36. The summed E-state index contributed by atoms with van der Waals surface area (Å²) < 4.78 is 30.7. The van der Waals surface area contributed by atoms with Crippen molar-refractivity contribution in [3.05, 3.63) is 24.3 Å². The molecule has 0 spiro atoms. The molecule has 0 aliphatic heterocycles. The van der Waals surface area contributed by atoms with Gasteiger partial charge in [-0.1, -0.05) is 26.3 Å². The second-order valence-electron chi connectivity index (χ2n) is 4.85. The zero-order chi connectivity index (χ0) is 15.2. The van der Waals surface area contributed by atoms with E-state index in [4.69, 9.17) is 4.74 Å². The first-order chi connectivity index (χ1) is 9.51. The molecule has 1 rings (SSSR count). The molecule has 5 heteroatoms. The molecule has 2 unspecified atom stereocenters. The van der Waals surface area contributed by atoms with E-state index in [0.29, 0.717) is 17.1 Å². The fourth-order valence-electron chi connectivity index (χ4n) is 2.50. The van der Waals surface area contributed by atoms with Crippen LogP contribution < -0.4 is 10.1 Å². The lowest BCUT2D eigenvalue weighted by atomic mass is 10.1. The maximum absolute atomic E-state index is 12.8. The summed E-state index contributed by atoms with van der Waals surface area (Å²) in [7, 11) is 0.00197. The van der Waals surface area contributed by atoms with Gasteiger partial charge in [0.15, 0.2) is 9.84 Å². The lowest BCUT2D eigenvalue weighted by Crippen LogP contribution is -2.42. The summed E-state index contributed by atoms with van der Waals surface area (Å²) in [5.74, 6) is 0.567. The zero-order valence-corrected chi connectivity index (χ0v) is 13.5. The molecular weight excluding hydrogens is 274 g/mol. The van der Waals surface area contributed by atoms with Crippen LogP contribution in [0.4, 0.5) is 0 Å². The van der Waals surface area contributed by atoms with Crippen molar-refractivity contribution in [3.63, 3.8) is 0 Å². The van der Waals surface area contributed by atoms with Gasteiger partial charge in [-0.05, 0) is 38.1 Å². The number of hydrogen-bond acceptors (Lipinski definition) is 4. The molecule has 0 heterocycles. The molecule has 4 nitrogen and oxygen atoms in total. The topological polar surface area (TPSA) is 55.4 Å². The molecule has 0 aliphatic rings. The SMILES string of the molecule is CCCC(NC)C(CC)S(=O)(=O)c1cccc(OC)c1. The van der Waals surface area contributed by atoms with Crippen LogP contribution in [0.1, 0.15) is 33.1 Å². The first kappa shape index (κ1) is 17.0. The van der Waals surface area contributed by atoms with Gasteiger partial charge >= 0.3 is 0 Å². The number of ether oxygens (including phenoxy) is 1. The molecule has 1 aromatic carbocycles. The Labute approximate surface area is 122 Å². The Bertz CT molecular complexity index is 514. The van der Waals surface area contributed by atoms with Gasteiger partial charge in [-0.2, -0.15) is 0 Å². The third kappa shape index (κ3) is 3.73. The monoisotopic (exact) mass is 299 g/mol. The molecule has 0 fully saturated rings. The Hall–Kier alpha value is -1.07. The summed E-state index contributed by atoms with van der Waals surface area (Å²) in [4.78, 5) is 0.333. The summed E-state index contributed by atoms with van der Waals surface area (Å²) >= 11 is 0. The number of methoxy groups -OCH3 is 1. The standard InChI is InChI=1S/C15H25NO3S/c1-5-8-14(16-3)15(6-2)20(17,18)13-10-7-9-12(11-13)19-4/h7,9-11,14-16H,5-6,8H2,1-4H3. The minimum Gasteiger partial charge on any atom is -0.497 e. The summed E-state index contributed by atoms with van der Waals surface area (Å²) in [5, 5.41) is 2.73. The molecule has 0 saturated heterocycles. The van der Waals surface area contributed by atoms with Crippen molar-refractivity contribution in [2.24, 2.45) is 0 Å². The van der Waals surface area contributed by atoms with Gasteiger partial charge in [0.05, 0.1) is 17.3 Å². The van der Waals surface area contributed by atoms with Gasteiger partial charge in [-0.15, -0.1) is 0 Å².